The number of nitrogens with zero attached hydrogens (tertiary/aromatic N) is 1. The molecule has 0 aromatic carbocycles. The SMILES string of the molecule is CC(C)NCC1CCN(CCS(=O)(=O)C(C)C)CC1. The van der Waals surface area contributed by atoms with Gasteiger partial charge in [-0.15, -0.1) is 0 Å². The van der Waals surface area contributed by atoms with E-state index in [9.17, 15) is 8.42 Å². The third-order valence-electron chi connectivity index (χ3n) is 3.93. The van der Waals surface area contributed by atoms with Crippen LogP contribution in [0.15, 0.2) is 0 Å². The minimum atomic E-state index is -2.89. The first kappa shape index (κ1) is 16.9. The van der Waals surface area contributed by atoms with Crippen molar-refractivity contribution >= 4 is 9.84 Å². The molecule has 0 aliphatic carbocycles. The van der Waals surface area contributed by atoms with Crippen LogP contribution in [0.5, 0.6) is 0 Å². The van der Waals surface area contributed by atoms with Gasteiger partial charge >= 0.3 is 0 Å². The number of likely N-dealkylation sites (tertiary alicyclic amines) is 1. The lowest BCUT2D eigenvalue weighted by molar-refractivity contribution is 0.189. The van der Waals surface area contributed by atoms with E-state index in [2.05, 4.69) is 24.1 Å². The van der Waals surface area contributed by atoms with E-state index >= 15 is 0 Å². The minimum absolute atomic E-state index is 0.250. The Morgan fingerprint density at radius 3 is 2.21 bits per heavy atom. The van der Waals surface area contributed by atoms with Crippen LogP contribution in [0.1, 0.15) is 40.5 Å². The summed E-state index contributed by atoms with van der Waals surface area (Å²) < 4.78 is 23.6. The van der Waals surface area contributed by atoms with Gasteiger partial charge in [0.2, 0.25) is 0 Å². The summed E-state index contributed by atoms with van der Waals surface area (Å²) in [6.07, 6.45) is 2.36. The lowest BCUT2D eigenvalue weighted by Crippen LogP contribution is -2.40. The average molecular weight is 290 g/mol. The van der Waals surface area contributed by atoms with E-state index in [1.165, 1.54) is 12.8 Å². The highest BCUT2D eigenvalue weighted by molar-refractivity contribution is 7.92. The van der Waals surface area contributed by atoms with Crippen molar-refractivity contribution in [2.24, 2.45) is 5.92 Å². The number of nitrogens with one attached hydrogen (secondary N) is 1. The maximum absolute atomic E-state index is 11.8. The van der Waals surface area contributed by atoms with E-state index in [0.29, 0.717) is 18.3 Å². The van der Waals surface area contributed by atoms with Crippen molar-refractivity contribution in [2.45, 2.75) is 51.8 Å². The van der Waals surface area contributed by atoms with Gasteiger partial charge in [0.15, 0.2) is 9.84 Å². The fourth-order valence-electron chi connectivity index (χ4n) is 2.31. The van der Waals surface area contributed by atoms with Gasteiger partial charge in [0.25, 0.3) is 0 Å². The molecule has 0 bridgehead atoms. The van der Waals surface area contributed by atoms with Crippen molar-refractivity contribution in [1.29, 1.82) is 0 Å². The Balaban J connectivity index is 2.24. The Morgan fingerprint density at radius 2 is 1.74 bits per heavy atom. The lowest BCUT2D eigenvalue weighted by Gasteiger charge is -2.32. The van der Waals surface area contributed by atoms with E-state index in [1.54, 1.807) is 13.8 Å². The maximum atomic E-state index is 11.8. The molecule has 0 aromatic rings. The second kappa shape index (κ2) is 7.60. The Kier molecular flexibility index (Phi) is 6.77. The van der Waals surface area contributed by atoms with Gasteiger partial charge < -0.3 is 10.2 Å². The predicted octanol–water partition coefficient (Wildman–Crippen LogP) is 1.52. The molecule has 114 valence electrons. The molecule has 1 N–H and O–H groups in total. The molecule has 0 amide bonds. The second-order valence-corrected chi connectivity index (χ2v) is 8.94. The van der Waals surface area contributed by atoms with Gasteiger partial charge in [-0.05, 0) is 52.2 Å². The van der Waals surface area contributed by atoms with Crippen molar-refractivity contribution in [1.82, 2.24) is 10.2 Å². The summed E-state index contributed by atoms with van der Waals surface area (Å²) in [5.41, 5.74) is 0. The van der Waals surface area contributed by atoms with E-state index in [1.807, 2.05) is 0 Å². The van der Waals surface area contributed by atoms with Crippen LogP contribution in [0.4, 0.5) is 0 Å². The molecule has 1 fully saturated rings. The quantitative estimate of drug-likeness (QED) is 0.772. The van der Waals surface area contributed by atoms with Gasteiger partial charge in [-0.3, -0.25) is 0 Å². The summed E-state index contributed by atoms with van der Waals surface area (Å²) in [5.74, 6) is 1.06. The largest absolute Gasteiger partial charge is 0.314 e. The van der Waals surface area contributed by atoms with Crippen LogP contribution in [-0.4, -0.2) is 56.5 Å². The van der Waals surface area contributed by atoms with E-state index in [-0.39, 0.29) is 5.25 Å². The smallest absolute Gasteiger partial charge is 0.153 e. The van der Waals surface area contributed by atoms with Gasteiger partial charge in [0.05, 0.1) is 11.0 Å². The zero-order valence-corrected chi connectivity index (χ0v) is 13.7. The molecule has 1 saturated heterocycles. The number of rotatable bonds is 7. The molecule has 1 aliphatic rings. The molecule has 19 heavy (non-hydrogen) atoms. The molecule has 0 atom stereocenters. The zero-order chi connectivity index (χ0) is 14.5. The minimum Gasteiger partial charge on any atom is -0.314 e. The van der Waals surface area contributed by atoms with Crippen molar-refractivity contribution in [3.05, 3.63) is 0 Å². The van der Waals surface area contributed by atoms with Crippen molar-refractivity contribution < 1.29 is 8.42 Å². The number of piperidine rings is 1. The lowest BCUT2D eigenvalue weighted by atomic mass is 9.96. The molecule has 1 heterocycles. The highest BCUT2D eigenvalue weighted by Gasteiger charge is 2.22. The van der Waals surface area contributed by atoms with E-state index in [4.69, 9.17) is 0 Å². The molecule has 0 unspecified atom stereocenters. The highest BCUT2D eigenvalue weighted by atomic mass is 32.2. The van der Waals surface area contributed by atoms with Crippen LogP contribution in [0.3, 0.4) is 0 Å². The first-order valence-corrected chi connectivity index (χ1v) is 9.20. The van der Waals surface area contributed by atoms with Crippen LogP contribution in [0.2, 0.25) is 0 Å². The molecule has 5 heteroatoms. The van der Waals surface area contributed by atoms with Crippen molar-refractivity contribution in [3.63, 3.8) is 0 Å². The monoisotopic (exact) mass is 290 g/mol. The molecular weight excluding hydrogens is 260 g/mol. The first-order chi connectivity index (χ1) is 8.81. The molecule has 0 radical (unpaired) electrons. The Morgan fingerprint density at radius 1 is 1.16 bits per heavy atom. The van der Waals surface area contributed by atoms with Crippen LogP contribution < -0.4 is 5.32 Å². The molecule has 4 nitrogen and oxygen atoms in total. The molecular formula is C14H30N2O2S. The Hall–Kier alpha value is -0.130. The summed E-state index contributed by atoms with van der Waals surface area (Å²) in [6, 6.07) is 0.550. The third-order valence-corrected chi connectivity index (χ3v) is 6.12. The summed E-state index contributed by atoms with van der Waals surface area (Å²) in [5, 5.41) is 3.24. The van der Waals surface area contributed by atoms with Gasteiger partial charge in [-0.1, -0.05) is 13.8 Å². The molecule has 1 aliphatic heterocycles. The summed E-state index contributed by atoms with van der Waals surface area (Å²) >= 11 is 0. The number of sulfone groups is 1. The molecule has 0 aromatic heterocycles. The average Bonchev–Trinajstić information content (AvgIpc) is 2.35. The maximum Gasteiger partial charge on any atom is 0.153 e. The highest BCUT2D eigenvalue weighted by Crippen LogP contribution is 2.16. The van der Waals surface area contributed by atoms with Gasteiger partial charge in [0.1, 0.15) is 0 Å². The van der Waals surface area contributed by atoms with Crippen LogP contribution in [-0.2, 0) is 9.84 Å². The summed E-state index contributed by atoms with van der Waals surface area (Å²) in [7, 11) is -2.89. The van der Waals surface area contributed by atoms with E-state index in [0.717, 1.165) is 25.6 Å². The normalized spacial score (nSPS) is 19.5. The summed E-state index contributed by atoms with van der Waals surface area (Å²) in [4.78, 5) is 2.30. The van der Waals surface area contributed by atoms with Gasteiger partial charge in [-0.2, -0.15) is 0 Å². The standard InChI is InChI=1S/C14H30N2O2S/c1-12(2)15-11-14-5-7-16(8-6-14)9-10-19(17,18)13(3)4/h12-15H,5-11H2,1-4H3. The number of hydrogen-bond donors (Lipinski definition) is 1. The topological polar surface area (TPSA) is 49.4 Å². The molecule has 1 rings (SSSR count). The van der Waals surface area contributed by atoms with Crippen molar-refractivity contribution in [3.8, 4) is 0 Å². The first-order valence-electron chi connectivity index (χ1n) is 7.48. The Bertz CT molecular complexity index is 344. The Labute approximate surface area is 118 Å². The van der Waals surface area contributed by atoms with Crippen LogP contribution in [0, 0.1) is 5.92 Å². The molecule has 0 spiro atoms. The third kappa shape index (κ3) is 6.23. The zero-order valence-electron chi connectivity index (χ0n) is 12.9. The van der Waals surface area contributed by atoms with Crippen LogP contribution >= 0.6 is 0 Å². The predicted molar refractivity (Wildman–Crippen MR) is 81.2 cm³/mol. The van der Waals surface area contributed by atoms with Gasteiger partial charge in [-0.25, -0.2) is 8.42 Å². The summed E-state index contributed by atoms with van der Waals surface area (Å²) in [6.45, 7) is 11.7. The second-order valence-electron chi connectivity index (χ2n) is 6.26. The number of hydrogen-bond acceptors (Lipinski definition) is 4. The van der Waals surface area contributed by atoms with E-state index < -0.39 is 9.84 Å². The van der Waals surface area contributed by atoms with Crippen molar-refractivity contribution in [2.75, 3.05) is 31.9 Å². The fraction of sp³-hybridized carbons (Fsp3) is 1.00. The van der Waals surface area contributed by atoms with Crippen LogP contribution in [0.25, 0.3) is 0 Å². The molecule has 0 saturated carbocycles. The van der Waals surface area contributed by atoms with Gasteiger partial charge in [0, 0.05) is 12.6 Å². The fourth-order valence-corrected chi connectivity index (χ4v) is 3.29.